The van der Waals surface area contributed by atoms with E-state index in [0.717, 1.165) is 18.5 Å². The topological polar surface area (TPSA) is 83.0 Å². The van der Waals surface area contributed by atoms with E-state index in [0.29, 0.717) is 43.3 Å². The van der Waals surface area contributed by atoms with Gasteiger partial charge in [0.1, 0.15) is 35.6 Å². The number of nitrogens with zero attached hydrogens (tertiary/aromatic N) is 2. The van der Waals surface area contributed by atoms with E-state index in [9.17, 15) is 14.0 Å². The van der Waals surface area contributed by atoms with Gasteiger partial charge in [-0.05, 0) is 37.1 Å². The summed E-state index contributed by atoms with van der Waals surface area (Å²) in [5, 5.41) is 12.6. The van der Waals surface area contributed by atoms with E-state index < -0.39 is 5.41 Å². The van der Waals surface area contributed by atoms with Crippen molar-refractivity contribution < 1.29 is 18.7 Å². The summed E-state index contributed by atoms with van der Waals surface area (Å²) in [6.07, 6.45) is 1.44. The van der Waals surface area contributed by atoms with Gasteiger partial charge in [0.2, 0.25) is 5.91 Å². The van der Waals surface area contributed by atoms with Gasteiger partial charge < -0.3 is 15.4 Å². The van der Waals surface area contributed by atoms with Gasteiger partial charge in [-0.3, -0.25) is 14.6 Å². The van der Waals surface area contributed by atoms with Crippen molar-refractivity contribution in [3.8, 4) is 5.75 Å². The van der Waals surface area contributed by atoms with Crippen molar-refractivity contribution in [3.05, 3.63) is 59.9 Å². The molecule has 174 valence electrons. The lowest BCUT2D eigenvalue weighted by Gasteiger charge is -2.41. The number of ether oxygens (including phenoxy) is 1. The highest BCUT2D eigenvalue weighted by Gasteiger charge is 2.55. The number of carbonyl (C=O) groups is 2. The molecule has 0 aliphatic carbocycles. The Bertz CT molecular complexity index is 1060. The predicted octanol–water partition coefficient (Wildman–Crippen LogP) is 2.80. The van der Waals surface area contributed by atoms with Crippen molar-refractivity contribution in [2.75, 3.05) is 31.3 Å². The molecule has 0 radical (unpaired) electrons. The van der Waals surface area contributed by atoms with Crippen LogP contribution in [0.25, 0.3) is 0 Å². The molecule has 0 fully saturated rings. The molecule has 0 bridgehead atoms. The van der Waals surface area contributed by atoms with Crippen LogP contribution in [0.15, 0.2) is 53.6 Å². The molecule has 0 saturated carbocycles. The molecule has 1 unspecified atom stereocenters. The zero-order chi connectivity index (χ0) is 23.4. The first-order valence-corrected chi connectivity index (χ1v) is 11.3. The van der Waals surface area contributed by atoms with E-state index >= 15 is 0 Å². The van der Waals surface area contributed by atoms with Crippen molar-refractivity contribution in [2.45, 2.75) is 38.1 Å². The second kappa shape index (κ2) is 9.70. The van der Waals surface area contributed by atoms with Crippen LogP contribution in [-0.2, 0) is 15.0 Å². The molecule has 2 heterocycles. The second-order valence-corrected chi connectivity index (χ2v) is 8.46. The van der Waals surface area contributed by atoms with Gasteiger partial charge in [0, 0.05) is 33.0 Å². The minimum Gasteiger partial charge on any atom is -0.489 e. The Morgan fingerprint density at radius 2 is 1.94 bits per heavy atom. The van der Waals surface area contributed by atoms with Gasteiger partial charge in [-0.25, -0.2) is 4.39 Å². The fourth-order valence-electron chi connectivity index (χ4n) is 4.85. The Morgan fingerprint density at radius 1 is 1.15 bits per heavy atom. The molecular weight excluding hydrogens is 423 g/mol. The SMILES string of the molecule is CC(=O)NCCNCCC[C@]1(c2ccccc2)C(C(C)=O)=NN2c3cc(F)ccc3OCC21. The smallest absolute Gasteiger partial charge is 0.216 e. The summed E-state index contributed by atoms with van der Waals surface area (Å²) < 4.78 is 20.1. The maximum absolute atomic E-state index is 14.1. The molecule has 0 aromatic heterocycles. The zero-order valence-corrected chi connectivity index (χ0v) is 18.9. The lowest BCUT2D eigenvalue weighted by atomic mass is 9.67. The number of nitrogens with one attached hydrogen (secondary N) is 2. The summed E-state index contributed by atoms with van der Waals surface area (Å²) >= 11 is 0. The van der Waals surface area contributed by atoms with Crippen LogP contribution in [-0.4, -0.2) is 49.7 Å². The summed E-state index contributed by atoms with van der Waals surface area (Å²) in [4.78, 5) is 23.9. The normalized spacial score (nSPS) is 21.0. The Kier molecular flexibility index (Phi) is 6.74. The summed E-state index contributed by atoms with van der Waals surface area (Å²) in [6.45, 7) is 5.31. The highest BCUT2D eigenvalue weighted by Crippen LogP contribution is 2.48. The van der Waals surface area contributed by atoms with Crippen molar-refractivity contribution in [3.63, 3.8) is 0 Å². The molecule has 2 atom stereocenters. The number of carbonyl (C=O) groups excluding carboxylic acids is 2. The van der Waals surface area contributed by atoms with E-state index in [-0.39, 0.29) is 23.5 Å². The molecule has 1 amide bonds. The summed E-state index contributed by atoms with van der Waals surface area (Å²) in [6, 6.07) is 14.0. The van der Waals surface area contributed by atoms with Gasteiger partial charge >= 0.3 is 0 Å². The molecule has 8 heteroatoms. The van der Waals surface area contributed by atoms with E-state index in [1.165, 1.54) is 26.0 Å². The first-order valence-electron chi connectivity index (χ1n) is 11.3. The lowest BCUT2D eigenvalue weighted by molar-refractivity contribution is -0.119. The standard InChI is InChI=1S/C25H29FN4O3/c1-17(31)24-25(19-7-4-3-5-8-19,11-6-12-27-13-14-28-18(2)32)23-16-33-22-10-9-20(26)15-21(22)30(23)29-24/h3-5,7-10,15,23,27H,6,11-14,16H2,1-2H3,(H,28,32)/t23?,25-/m1/s1. The Hall–Kier alpha value is -3.26. The minimum atomic E-state index is -0.684. The number of halogens is 1. The summed E-state index contributed by atoms with van der Waals surface area (Å²) in [5.74, 6) is 0.0213. The third kappa shape index (κ3) is 4.48. The highest BCUT2D eigenvalue weighted by molar-refractivity contribution is 6.43. The van der Waals surface area contributed by atoms with Gasteiger partial charge in [-0.15, -0.1) is 0 Å². The molecule has 33 heavy (non-hydrogen) atoms. The van der Waals surface area contributed by atoms with Crippen LogP contribution in [0.2, 0.25) is 0 Å². The number of Topliss-reactive ketones (excluding diaryl/α,β-unsaturated/α-hetero) is 1. The van der Waals surface area contributed by atoms with Gasteiger partial charge in [-0.1, -0.05) is 30.3 Å². The Morgan fingerprint density at radius 3 is 2.67 bits per heavy atom. The molecule has 0 spiro atoms. The molecule has 2 aromatic rings. The van der Waals surface area contributed by atoms with Crippen LogP contribution in [0.5, 0.6) is 5.75 Å². The van der Waals surface area contributed by atoms with Gasteiger partial charge in [0.15, 0.2) is 5.78 Å². The van der Waals surface area contributed by atoms with Crippen LogP contribution in [0.1, 0.15) is 32.3 Å². The third-order valence-electron chi connectivity index (χ3n) is 6.28. The van der Waals surface area contributed by atoms with Crippen molar-refractivity contribution in [2.24, 2.45) is 5.10 Å². The molecule has 2 N–H and O–H groups in total. The first kappa shape index (κ1) is 22.9. The number of anilines is 1. The number of fused-ring (bicyclic) bond motifs is 3. The van der Waals surface area contributed by atoms with E-state index in [2.05, 4.69) is 10.6 Å². The number of hydrogen-bond acceptors (Lipinski definition) is 6. The van der Waals surface area contributed by atoms with Crippen LogP contribution in [0.4, 0.5) is 10.1 Å². The van der Waals surface area contributed by atoms with Crippen LogP contribution in [0, 0.1) is 5.82 Å². The number of hydrazone groups is 1. The number of amides is 1. The van der Waals surface area contributed by atoms with Crippen molar-refractivity contribution in [1.29, 1.82) is 0 Å². The number of rotatable bonds is 9. The average Bonchev–Trinajstić information content (AvgIpc) is 3.15. The van der Waals surface area contributed by atoms with Crippen LogP contribution < -0.4 is 20.4 Å². The fraction of sp³-hybridized carbons (Fsp3) is 0.400. The number of benzene rings is 2. The lowest BCUT2D eigenvalue weighted by Crippen LogP contribution is -2.54. The molecule has 0 saturated heterocycles. The molecular formula is C25H29FN4O3. The second-order valence-electron chi connectivity index (χ2n) is 8.46. The number of ketones is 1. The van der Waals surface area contributed by atoms with Crippen molar-refractivity contribution in [1.82, 2.24) is 10.6 Å². The largest absolute Gasteiger partial charge is 0.489 e. The van der Waals surface area contributed by atoms with E-state index in [1.54, 1.807) is 11.1 Å². The van der Waals surface area contributed by atoms with Gasteiger partial charge in [-0.2, -0.15) is 5.10 Å². The predicted molar refractivity (Wildman–Crippen MR) is 125 cm³/mol. The van der Waals surface area contributed by atoms with E-state index in [4.69, 9.17) is 9.84 Å². The molecule has 4 rings (SSSR count). The molecule has 2 aliphatic heterocycles. The van der Waals surface area contributed by atoms with Crippen LogP contribution in [0.3, 0.4) is 0 Å². The zero-order valence-electron chi connectivity index (χ0n) is 18.9. The Labute approximate surface area is 193 Å². The monoisotopic (exact) mass is 452 g/mol. The summed E-state index contributed by atoms with van der Waals surface area (Å²) in [5.41, 5.74) is 1.32. The quantitative estimate of drug-likeness (QED) is 0.572. The van der Waals surface area contributed by atoms with E-state index in [1.807, 2.05) is 30.3 Å². The first-order chi connectivity index (χ1) is 15.9. The minimum absolute atomic E-state index is 0.0535. The Balaban J connectivity index is 1.63. The highest BCUT2D eigenvalue weighted by atomic mass is 19.1. The van der Waals surface area contributed by atoms with Crippen molar-refractivity contribution >= 4 is 23.1 Å². The molecule has 2 aliphatic rings. The average molecular weight is 453 g/mol. The maximum Gasteiger partial charge on any atom is 0.216 e. The fourth-order valence-corrected chi connectivity index (χ4v) is 4.85. The summed E-state index contributed by atoms with van der Waals surface area (Å²) in [7, 11) is 0. The molecule has 7 nitrogen and oxygen atoms in total. The third-order valence-corrected chi connectivity index (χ3v) is 6.28. The van der Waals surface area contributed by atoms with Gasteiger partial charge in [0.25, 0.3) is 0 Å². The van der Waals surface area contributed by atoms with Crippen LogP contribution >= 0.6 is 0 Å². The maximum atomic E-state index is 14.1. The molecule has 2 aromatic carbocycles. The van der Waals surface area contributed by atoms with Gasteiger partial charge in [0.05, 0.1) is 5.41 Å². The number of hydrogen-bond donors (Lipinski definition) is 2.